The quantitative estimate of drug-likeness (QED) is 0.902. The molecule has 2 aromatic rings. The van der Waals surface area contributed by atoms with Crippen molar-refractivity contribution < 1.29 is 4.74 Å². The van der Waals surface area contributed by atoms with Gasteiger partial charge in [0.05, 0.1) is 11.6 Å². The lowest BCUT2D eigenvalue weighted by molar-refractivity contribution is 0.104. The van der Waals surface area contributed by atoms with Gasteiger partial charge in [-0.2, -0.15) is 0 Å². The second-order valence-electron chi connectivity index (χ2n) is 6.47. The lowest BCUT2D eigenvalue weighted by Crippen LogP contribution is -2.35. The minimum absolute atomic E-state index is 0.124. The summed E-state index contributed by atoms with van der Waals surface area (Å²) < 4.78 is 7.68. The summed E-state index contributed by atoms with van der Waals surface area (Å²) in [4.78, 5) is 0. The van der Waals surface area contributed by atoms with E-state index in [-0.39, 0.29) is 11.6 Å². The highest BCUT2D eigenvalue weighted by atomic mass is 16.5. The Balaban J connectivity index is 2.31. The van der Waals surface area contributed by atoms with Crippen LogP contribution < -0.4 is 5.32 Å². The van der Waals surface area contributed by atoms with Crippen molar-refractivity contribution in [1.29, 1.82) is 0 Å². The van der Waals surface area contributed by atoms with E-state index in [2.05, 4.69) is 68.0 Å². The van der Waals surface area contributed by atoms with Gasteiger partial charge in [-0.15, -0.1) is 0 Å². The third kappa shape index (κ3) is 3.62. The molecule has 0 saturated heterocycles. The molecule has 3 nitrogen and oxygen atoms in total. The number of nitrogens with one attached hydrogen (secondary N) is 1. The SMILES string of the molecule is COC(C)Cn1ccc2cccc(CNC(C)(C)C)c21. The fourth-order valence-corrected chi connectivity index (χ4v) is 2.35. The van der Waals surface area contributed by atoms with E-state index in [1.807, 2.05) is 0 Å². The third-order valence-corrected chi connectivity index (χ3v) is 3.54. The van der Waals surface area contributed by atoms with E-state index in [1.54, 1.807) is 7.11 Å². The Morgan fingerprint density at radius 3 is 2.65 bits per heavy atom. The molecule has 0 aliphatic heterocycles. The Labute approximate surface area is 121 Å². The minimum atomic E-state index is 0.124. The number of aromatic nitrogens is 1. The Kier molecular flexibility index (Phi) is 4.51. The van der Waals surface area contributed by atoms with Gasteiger partial charge in [0, 0.05) is 31.9 Å². The van der Waals surface area contributed by atoms with Gasteiger partial charge in [0.15, 0.2) is 0 Å². The van der Waals surface area contributed by atoms with Crippen molar-refractivity contribution in [2.24, 2.45) is 0 Å². The van der Waals surface area contributed by atoms with Crippen LogP contribution in [0.2, 0.25) is 0 Å². The molecule has 1 unspecified atom stereocenters. The summed E-state index contributed by atoms with van der Waals surface area (Å²) in [7, 11) is 1.76. The van der Waals surface area contributed by atoms with Crippen molar-refractivity contribution in [3.05, 3.63) is 36.0 Å². The van der Waals surface area contributed by atoms with E-state index in [1.165, 1.54) is 16.5 Å². The maximum atomic E-state index is 5.39. The molecule has 20 heavy (non-hydrogen) atoms. The zero-order chi connectivity index (χ0) is 14.8. The highest BCUT2D eigenvalue weighted by Gasteiger charge is 2.12. The Hall–Kier alpha value is -1.32. The highest BCUT2D eigenvalue weighted by molar-refractivity contribution is 5.83. The van der Waals surface area contributed by atoms with Crippen molar-refractivity contribution in [3.63, 3.8) is 0 Å². The van der Waals surface area contributed by atoms with E-state index < -0.39 is 0 Å². The Bertz CT molecular complexity index is 566. The molecule has 1 atom stereocenters. The van der Waals surface area contributed by atoms with Crippen LogP contribution in [0.25, 0.3) is 10.9 Å². The van der Waals surface area contributed by atoms with Crippen LogP contribution in [0.15, 0.2) is 30.5 Å². The molecule has 1 aromatic carbocycles. The number of nitrogens with zero attached hydrogens (tertiary/aromatic N) is 1. The Morgan fingerprint density at radius 1 is 1.25 bits per heavy atom. The van der Waals surface area contributed by atoms with Gasteiger partial charge in [0.1, 0.15) is 0 Å². The molecule has 3 heteroatoms. The van der Waals surface area contributed by atoms with Crippen LogP contribution in [0.5, 0.6) is 0 Å². The summed E-state index contributed by atoms with van der Waals surface area (Å²) in [6.45, 7) is 10.4. The molecular formula is C17H26N2O. The molecule has 0 aliphatic carbocycles. The molecule has 0 saturated carbocycles. The average molecular weight is 274 g/mol. The van der Waals surface area contributed by atoms with Crippen molar-refractivity contribution in [2.75, 3.05) is 7.11 Å². The van der Waals surface area contributed by atoms with Crippen molar-refractivity contribution >= 4 is 10.9 Å². The monoisotopic (exact) mass is 274 g/mol. The van der Waals surface area contributed by atoms with E-state index >= 15 is 0 Å². The molecule has 2 rings (SSSR count). The molecule has 1 heterocycles. The second kappa shape index (κ2) is 5.98. The fourth-order valence-electron chi connectivity index (χ4n) is 2.35. The van der Waals surface area contributed by atoms with E-state index in [0.717, 1.165) is 13.1 Å². The molecule has 0 aliphatic rings. The molecule has 0 radical (unpaired) electrons. The predicted octanol–water partition coefficient (Wildman–Crippen LogP) is 3.56. The summed E-state index contributed by atoms with van der Waals surface area (Å²) in [5.74, 6) is 0. The predicted molar refractivity (Wildman–Crippen MR) is 85.0 cm³/mol. The van der Waals surface area contributed by atoms with Gasteiger partial charge in [0.25, 0.3) is 0 Å². The van der Waals surface area contributed by atoms with Crippen LogP contribution in [0.1, 0.15) is 33.3 Å². The second-order valence-corrected chi connectivity index (χ2v) is 6.47. The van der Waals surface area contributed by atoms with Gasteiger partial charge >= 0.3 is 0 Å². The van der Waals surface area contributed by atoms with Crippen molar-refractivity contribution in [2.45, 2.75) is 52.4 Å². The van der Waals surface area contributed by atoms with Crippen molar-refractivity contribution in [1.82, 2.24) is 9.88 Å². The zero-order valence-electron chi connectivity index (χ0n) is 13.2. The number of fused-ring (bicyclic) bond motifs is 1. The van der Waals surface area contributed by atoms with Crippen molar-refractivity contribution in [3.8, 4) is 0 Å². The summed E-state index contributed by atoms with van der Waals surface area (Å²) in [5.41, 5.74) is 2.78. The molecule has 110 valence electrons. The van der Waals surface area contributed by atoms with Crippen LogP contribution in [0, 0.1) is 0 Å². The standard InChI is InChI=1S/C17H26N2O/c1-13(20-5)12-19-10-9-14-7-6-8-15(16(14)19)11-18-17(2,3)4/h6-10,13,18H,11-12H2,1-5H3. The van der Waals surface area contributed by atoms with Gasteiger partial charge in [0.2, 0.25) is 0 Å². The van der Waals surface area contributed by atoms with Crippen LogP contribution in [0.4, 0.5) is 0 Å². The number of hydrogen-bond acceptors (Lipinski definition) is 2. The first-order chi connectivity index (χ1) is 9.40. The molecule has 1 N–H and O–H groups in total. The van der Waals surface area contributed by atoms with Gasteiger partial charge < -0.3 is 14.6 Å². The smallest absolute Gasteiger partial charge is 0.0722 e. The summed E-state index contributed by atoms with van der Waals surface area (Å²) in [5, 5.41) is 4.86. The maximum absolute atomic E-state index is 5.39. The third-order valence-electron chi connectivity index (χ3n) is 3.54. The summed E-state index contributed by atoms with van der Waals surface area (Å²) in [6.07, 6.45) is 2.37. The minimum Gasteiger partial charge on any atom is -0.380 e. The maximum Gasteiger partial charge on any atom is 0.0722 e. The van der Waals surface area contributed by atoms with Crippen LogP contribution in [-0.2, 0) is 17.8 Å². The van der Waals surface area contributed by atoms with E-state index in [9.17, 15) is 0 Å². The summed E-state index contributed by atoms with van der Waals surface area (Å²) in [6, 6.07) is 8.68. The van der Waals surface area contributed by atoms with E-state index in [4.69, 9.17) is 4.74 Å². The molecule has 1 aromatic heterocycles. The van der Waals surface area contributed by atoms with Gasteiger partial charge in [-0.1, -0.05) is 18.2 Å². The first-order valence-corrected chi connectivity index (χ1v) is 7.25. The van der Waals surface area contributed by atoms with Crippen LogP contribution in [-0.4, -0.2) is 23.3 Å². The number of benzene rings is 1. The lowest BCUT2D eigenvalue weighted by atomic mass is 10.1. The number of para-hydroxylation sites is 1. The van der Waals surface area contributed by atoms with E-state index in [0.29, 0.717) is 0 Å². The lowest BCUT2D eigenvalue weighted by Gasteiger charge is -2.21. The van der Waals surface area contributed by atoms with Gasteiger partial charge in [-0.3, -0.25) is 0 Å². The first kappa shape index (κ1) is 15.1. The Morgan fingerprint density at radius 2 is 2.00 bits per heavy atom. The first-order valence-electron chi connectivity index (χ1n) is 7.25. The van der Waals surface area contributed by atoms with Gasteiger partial charge in [-0.05, 0) is 44.7 Å². The number of ether oxygens (including phenoxy) is 1. The molecule has 0 amide bonds. The fraction of sp³-hybridized carbons (Fsp3) is 0.529. The van der Waals surface area contributed by atoms with Gasteiger partial charge in [-0.25, -0.2) is 0 Å². The largest absolute Gasteiger partial charge is 0.380 e. The molecule has 0 spiro atoms. The average Bonchev–Trinajstić information content (AvgIpc) is 2.79. The van der Waals surface area contributed by atoms with Crippen LogP contribution >= 0.6 is 0 Å². The normalized spacial score (nSPS) is 13.8. The number of rotatable bonds is 5. The molecule has 0 bridgehead atoms. The van der Waals surface area contributed by atoms with Crippen LogP contribution in [0.3, 0.4) is 0 Å². The highest BCUT2D eigenvalue weighted by Crippen LogP contribution is 2.21. The topological polar surface area (TPSA) is 26.2 Å². The number of hydrogen-bond donors (Lipinski definition) is 1. The molecular weight excluding hydrogens is 248 g/mol. The summed E-state index contributed by atoms with van der Waals surface area (Å²) >= 11 is 0. The molecule has 0 fully saturated rings. The number of methoxy groups -OCH3 is 1. The zero-order valence-corrected chi connectivity index (χ0v) is 13.2.